The first-order chi connectivity index (χ1) is 17.8. The summed E-state index contributed by atoms with van der Waals surface area (Å²) in [5.74, 6) is -2.89. The Hall–Kier alpha value is -3.22. The molecule has 0 radical (unpaired) electrons. The molecule has 3 aliphatic carbocycles. The lowest BCUT2D eigenvalue weighted by atomic mass is 9.76. The SMILES string of the molecule is C=C1CC[C@@H]2[C@H](/C=C(\C)C(=O)[C@@]3(OC(C)=O)C[C@H](C)[C@H](OC(=O)c4ccccc4)[C@@H]3[C@H]1OC(C)=O)C2(C)C. The van der Waals surface area contributed by atoms with Gasteiger partial charge in [-0.3, -0.25) is 14.4 Å². The molecule has 7 heteroatoms. The number of rotatable bonds is 4. The lowest BCUT2D eigenvalue weighted by molar-refractivity contribution is -0.179. The van der Waals surface area contributed by atoms with E-state index in [0.29, 0.717) is 29.0 Å². The molecule has 7 atom stereocenters. The van der Waals surface area contributed by atoms with Crippen molar-refractivity contribution in [3.63, 3.8) is 0 Å². The fraction of sp³-hybridized carbons (Fsp3) is 0.548. The Labute approximate surface area is 224 Å². The van der Waals surface area contributed by atoms with Crippen LogP contribution < -0.4 is 0 Å². The summed E-state index contributed by atoms with van der Waals surface area (Å²) >= 11 is 0. The summed E-state index contributed by atoms with van der Waals surface area (Å²) in [5, 5.41) is 0. The van der Waals surface area contributed by atoms with E-state index in [4.69, 9.17) is 14.2 Å². The van der Waals surface area contributed by atoms with Crippen LogP contribution >= 0.6 is 0 Å². The molecular formula is C31H38O7. The summed E-state index contributed by atoms with van der Waals surface area (Å²) in [6.07, 6.45) is 1.63. The van der Waals surface area contributed by atoms with Gasteiger partial charge in [-0.15, -0.1) is 0 Å². The highest BCUT2D eigenvalue weighted by Crippen LogP contribution is 2.62. The number of hydrogen-bond acceptors (Lipinski definition) is 7. The highest BCUT2D eigenvalue weighted by Gasteiger charge is 2.65. The van der Waals surface area contributed by atoms with E-state index in [-0.39, 0.29) is 29.5 Å². The molecule has 1 aromatic carbocycles. The number of benzene rings is 1. The molecule has 7 nitrogen and oxygen atoms in total. The maximum Gasteiger partial charge on any atom is 0.338 e. The number of allylic oxidation sites excluding steroid dienone is 1. The van der Waals surface area contributed by atoms with Crippen LogP contribution in [0.3, 0.4) is 0 Å². The predicted molar refractivity (Wildman–Crippen MR) is 141 cm³/mol. The summed E-state index contributed by atoms with van der Waals surface area (Å²) in [7, 11) is 0. The fourth-order valence-electron chi connectivity index (χ4n) is 6.80. The molecule has 2 fully saturated rings. The van der Waals surface area contributed by atoms with E-state index in [1.54, 1.807) is 37.3 Å². The number of hydrogen-bond donors (Lipinski definition) is 0. The van der Waals surface area contributed by atoms with Crippen LogP contribution in [0.25, 0.3) is 0 Å². The molecule has 0 unspecified atom stereocenters. The van der Waals surface area contributed by atoms with Crippen molar-refractivity contribution >= 4 is 23.7 Å². The molecule has 0 saturated heterocycles. The van der Waals surface area contributed by atoms with E-state index in [1.807, 2.05) is 13.0 Å². The number of esters is 3. The minimum absolute atomic E-state index is 0.0165. The highest BCUT2D eigenvalue weighted by molar-refractivity contribution is 6.03. The molecule has 204 valence electrons. The Morgan fingerprint density at radius 2 is 1.68 bits per heavy atom. The number of fused-ring (bicyclic) bond motifs is 2. The molecule has 0 aliphatic heterocycles. The third-order valence-electron chi connectivity index (χ3n) is 8.77. The van der Waals surface area contributed by atoms with E-state index in [2.05, 4.69) is 20.4 Å². The van der Waals surface area contributed by atoms with Crippen LogP contribution in [0.5, 0.6) is 0 Å². The van der Waals surface area contributed by atoms with Gasteiger partial charge in [-0.05, 0) is 66.2 Å². The zero-order valence-electron chi connectivity index (χ0n) is 23.1. The number of carbonyl (C=O) groups is 4. The van der Waals surface area contributed by atoms with E-state index < -0.39 is 41.6 Å². The van der Waals surface area contributed by atoms with Gasteiger partial charge in [0.15, 0.2) is 5.60 Å². The van der Waals surface area contributed by atoms with Gasteiger partial charge in [-0.1, -0.05) is 51.6 Å². The Morgan fingerprint density at radius 3 is 2.29 bits per heavy atom. The predicted octanol–water partition coefficient (Wildman–Crippen LogP) is 5.24. The van der Waals surface area contributed by atoms with Gasteiger partial charge in [0.25, 0.3) is 0 Å². The van der Waals surface area contributed by atoms with Gasteiger partial charge in [0, 0.05) is 20.3 Å². The maximum atomic E-state index is 14.3. The second-order valence-corrected chi connectivity index (χ2v) is 11.8. The summed E-state index contributed by atoms with van der Waals surface area (Å²) < 4.78 is 17.9. The molecule has 2 saturated carbocycles. The van der Waals surface area contributed by atoms with E-state index in [0.717, 1.165) is 6.42 Å². The summed E-state index contributed by atoms with van der Waals surface area (Å²) in [4.78, 5) is 52.4. The lowest BCUT2D eigenvalue weighted by Gasteiger charge is -2.39. The van der Waals surface area contributed by atoms with Crippen LogP contribution in [0, 0.1) is 29.1 Å². The van der Waals surface area contributed by atoms with Gasteiger partial charge >= 0.3 is 17.9 Å². The van der Waals surface area contributed by atoms with Crippen molar-refractivity contribution in [2.75, 3.05) is 0 Å². The smallest absolute Gasteiger partial charge is 0.338 e. The molecule has 0 spiro atoms. The molecule has 0 aromatic heterocycles. The summed E-state index contributed by atoms with van der Waals surface area (Å²) in [6.45, 7) is 14.8. The first-order valence-corrected chi connectivity index (χ1v) is 13.3. The average molecular weight is 523 g/mol. The maximum absolute atomic E-state index is 14.3. The van der Waals surface area contributed by atoms with Crippen molar-refractivity contribution in [2.45, 2.75) is 78.6 Å². The normalized spacial score (nSPS) is 35.5. The quantitative estimate of drug-likeness (QED) is 0.303. The van der Waals surface area contributed by atoms with Crippen molar-refractivity contribution in [3.8, 4) is 0 Å². The van der Waals surface area contributed by atoms with Crippen molar-refractivity contribution in [3.05, 3.63) is 59.7 Å². The van der Waals surface area contributed by atoms with Gasteiger partial charge in [0.1, 0.15) is 12.2 Å². The minimum atomic E-state index is -1.69. The van der Waals surface area contributed by atoms with Crippen molar-refractivity contribution in [2.24, 2.45) is 29.1 Å². The molecule has 4 rings (SSSR count). The third-order valence-corrected chi connectivity index (χ3v) is 8.77. The van der Waals surface area contributed by atoms with Crippen LogP contribution in [0.1, 0.15) is 71.2 Å². The molecule has 38 heavy (non-hydrogen) atoms. The summed E-state index contributed by atoms with van der Waals surface area (Å²) in [5.41, 5.74) is -0.203. The topological polar surface area (TPSA) is 96.0 Å². The summed E-state index contributed by atoms with van der Waals surface area (Å²) in [6, 6.07) is 8.56. The molecular weight excluding hydrogens is 484 g/mol. The number of carbonyl (C=O) groups excluding carboxylic acids is 4. The second-order valence-electron chi connectivity index (χ2n) is 11.8. The second kappa shape index (κ2) is 10.2. The lowest BCUT2D eigenvalue weighted by Crippen LogP contribution is -2.55. The van der Waals surface area contributed by atoms with Crippen LogP contribution in [-0.2, 0) is 28.6 Å². The molecule has 0 heterocycles. The monoisotopic (exact) mass is 522 g/mol. The first-order valence-electron chi connectivity index (χ1n) is 13.3. The number of Topliss-reactive ketones (excluding diaryl/α,β-unsaturated/α-hetero) is 1. The molecule has 0 bridgehead atoms. The molecule has 0 amide bonds. The van der Waals surface area contributed by atoms with Crippen LogP contribution in [0.4, 0.5) is 0 Å². The van der Waals surface area contributed by atoms with Crippen LogP contribution in [0.2, 0.25) is 0 Å². The van der Waals surface area contributed by atoms with Crippen molar-refractivity contribution < 1.29 is 33.4 Å². The van der Waals surface area contributed by atoms with E-state index >= 15 is 0 Å². The van der Waals surface area contributed by atoms with Gasteiger partial charge in [-0.2, -0.15) is 0 Å². The van der Waals surface area contributed by atoms with Gasteiger partial charge in [-0.25, -0.2) is 4.79 Å². The zero-order chi connectivity index (χ0) is 28.0. The largest absolute Gasteiger partial charge is 0.458 e. The van der Waals surface area contributed by atoms with Gasteiger partial charge in [0.2, 0.25) is 5.78 Å². The molecule has 0 N–H and O–H groups in total. The highest BCUT2D eigenvalue weighted by atomic mass is 16.6. The van der Waals surface area contributed by atoms with Crippen LogP contribution in [0.15, 0.2) is 54.1 Å². The number of ketones is 1. The third kappa shape index (κ3) is 4.95. The minimum Gasteiger partial charge on any atom is -0.458 e. The Balaban J connectivity index is 1.87. The van der Waals surface area contributed by atoms with E-state index in [9.17, 15) is 19.2 Å². The Kier molecular flexibility index (Phi) is 7.43. The number of ether oxygens (including phenoxy) is 3. The van der Waals surface area contributed by atoms with E-state index in [1.165, 1.54) is 13.8 Å². The van der Waals surface area contributed by atoms with Crippen LogP contribution in [-0.4, -0.2) is 41.5 Å². The average Bonchev–Trinajstić information content (AvgIpc) is 3.24. The molecule has 3 aliphatic rings. The Bertz CT molecular complexity index is 1180. The van der Waals surface area contributed by atoms with Crippen molar-refractivity contribution in [1.82, 2.24) is 0 Å². The van der Waals surface area contributed by atoms with Gasteiger partial charge in [0.05, 0.1) is 11.5 Å². The molecule has 1 aromatic rings. The Morgan fingerprint density at radius 1 is 1.03 bits per heavy atom. The standard InChI is InChI=1S/C31H38O7/c1-17-13-14-23-24(30(23,6)7)15-18(2)28(34)31(38-21(5)33)16-19(3)27(25(31)26(17)36-20(4)32)37-29(35)22-11-9-8-10-12-22/h8-12,15,19,23-27H,1,13-14,16H2,2-7H3/b18-15+/t19-,23+,24-,25-,26-,27-,31+/m0/s1. The zero-order valence-corrected chi connectivity index (χ0v) is 23.1. The van der Waals surface area contributed by atoms with Crippen molar-refractivity contribution in [1.29, 1.82) is 0 Å². The first kappa shape index (κ1) is 27.8. The fourth-order valence-corrected chi connectivity index (χ4v) is 6.80. The van der Waals surface area contributed by atoms with Gasteiger partial charge < -0.3 is 14.2 Å².